The Morgan fingerprint density at radius 2 is 1.73 bits per heavy atom. The second-order valence-corrected chi connectivity index (χ2v) is 8.07. The molecule has 0 amide bonds. The van der Waals surface area contributed by atoms with Gasteiger partial charge < -0.3 is 10.3 Å². The van der Waals surface area contributed by atoms with Gasteiger partial charge in [-0.1, -0.05) is 50.7 Å². The van der Waals surface area contributed by atoms with Gasteiger partial charge in [-0.15, -0.1) is 0 Å². The second kappa shape index (κ2) is 8.34. The van der Waals surface area contributed by atoms with Crippen molar-refractivity contribution in [3.05, 3.63) is 42.1 Å². The predicted molar refractivity (Wildman–Crippen MR) is 103 cm³/mol. The molecule has 2 aliphatic rings. The van der Waals surface area contributed by atoms with Crippen molar-refractivity contribution in [3.63, 3.8) is 0 Å². The molecular weight excluding hydrogens is 325 g/mol. The number of aromatic amines is 1. The smallest absolute Gasteiger partial charge is 0.124 e. The van der Waals surface area contributed by atoms with E-state index in [-0.39, 0.29) is 5.82 Å². The molecule has 3 nitrogen and oxygen atoms in total. The van der Waals surface area contributed by atoms with Gasteiger partial charge in [0.2, 0.25) is 0 Å². The van der Waals surface area contributed by atoms with Crippen molar-refractivity contribution in [3.8, 4) is 11.3 Å². The number of halogens is 1. The van der Waals surface area contributed by atoms with Crippen molar-refractivity contribution in [2.24, 2.45) is 5.92 Å². The zero-order valence-corrected chi connectivity index (χ0v) is 15.5. The lowest BCUT2D eigenvalue weighted by atomic mass is 9.82. The fourth-order valence-corrected chi connectivity index (χ4v) is 4.73. The third-order valence-electron chi connectivity index (χ3n) is 6.17. The number of benzene rings is 1. The van der Waals surface area contributed by atoms with Crippen molar-refractivity contribution in [2.75, 3.05) is 0 Å². The van der Waals surface area contributed by atoms with E-state index < -0.39 is 0 Å². The normalized spacial score (nSPS) is 21.0. The molecule has 2 saturated carbocycles. The average Bonchev–Trinajstić information content (AvgIpc) is 3.18. The van der Waals surface area contributed by atoms with Crippen LogP contribution in [0.3, 0.4) is 0 Å². The maximum Gasteiger partial charge on any atom is 0.124 e. The zero-order valence-electron chi connectivity index (χ0n) is 15.5. The fourth-order valence-electron chi connectivity index (χ4n) is 4.73. The highest BCUT2D eigenvalue weighted by Crippen LogP contribution is 2.35. The number of nitrogens with zero attached hydrogens (tertiary/aromatic N) is 1. The highest BCUT2D eigenvalue weighted by Gasteiger charge is 2.29. The standard InChI is InChI=1S/C22H30FN3/c23-18-11-7-10-17(14-18)20-15-24-22(26-20)21(16-8-3-1-4-9-16)25-19-12-5-2-6-13-19/h7,10-11,14-16,19,21,25H,1-6,8-9,12-13H2,(H,24,26). The van der Waals surface area contributed by atoms with Crippen LogP contribution in [0.15, 0.2) is 30.5 Å². The maximum atomic E-state index is 13.6. The molecule has 4 rings (SSSR count). The van der Waals surface area contributed by atoms with Crippen LogP contribution < -0.4 is 5.32 Å². The van der Waals surface area contributed by atoms with E-state index in [0.717, 1.165) is 17.1 Å². The molecule has 0 bridgehead atoms. The summed E-state index contributed by atoms with van der Waals surface area (Å²) in [6.45, 7) is 0. The first-order valence-corrected chi connectivity index (χ1v) is 10.4. The van der Waals surface area contributed by atoms with Gasteiger partial charge in [0.1, 0.15) is 11.6 Å². The molecule has 0 aliphatic heterocycles. The second-order valence-electron chi connectivity index (χ2n) is 8.07. The molecule has 2 aliphatic carbocycles. The Bertz CT molecular complexity index is 699. The van der Waals surface area contributed by atoms with Crippen LogP contribution in [0.4, 0.5) is 4.39 Å². The highest BCUT2D eigenvalue weighted by molar-refractivity contribution is 5.58. The molecule has 2 fully saturated rings. The quantitative estimate of drug-likeness (QED) is 0.716. The molecule has 140 valence electrons. The molecule has 0 radical (unpaired) electrons. The molecule has 26 heavy (non-hydrogen) atoms. The summed E-state index contributed by atoms with van der Waals surface area (Å²) in [7, 11) is 0. The van der Waals surface area contributed by atoms with E-state index in [1.807, 2.05) is 12.3 Å². The van der Waals surface area contributed by atoms with Gasteiger partial charge in [-0.3, -0.25) is 0 Å². The van der Waals surface area contributed by atoms with Crippen molar-refractivity contribution in [2.45, 2.75) is 76.3 Å². The first-order chi connectivity index (χ1) is 12.8. The summed E-state index contributed by atoms with van der Waals surface area (Å²) in [6.07, 6.45) is 15.0. The Morgan fingerprint density at radius 3 is 2.46 bits per heavy atom. The lowest BCUT2D eigenvalue weighted by molar-refractivity contribution is 0.227. The fraction of sp³-hybridized carbons (Fsp3) is 0.591. The summed E-state index contributed by atoms with van der Waals surface area (Å²) < 4.78 is 13.6. The van der Waals surface area contributed by atoms with Gasteiger partial charge in [0.05, 0.1) is 17.9 Å². The number of hydrogen-bond acceptors (Lipinski definition) is 2. The molecule has 2 N–H and O–H groups in total. The van der Waals surface area contributed by atoms with Crippen LogP contribution >= 0.6 is 0 Å². The first-order valence-electron chi connectivity index (χ1n) is 10.4. The van der Waals surface area contributed by atoms with Gasteiger partial charge in [0.25, 0.3) is 0 Å². The van der Waals surface area contributed by atoms with Crippen LogP contribution in [0.5, 0.6) is 0 Å². The summed E-state index contributed by atoms with van der Waals surface area (Å²) in [4.78, 5) is 8.23. The predicted octanol–water partition coefficient (Wildman–Crippen LogP) is 5.76. The van der Waals surface area contributed by atoms with Crippen molar-refractivity contribution in [1.82, 2.24) is 15.3 Å². The van der Waals surface area contributed by atoms with E-state index in [1.54, 1.807) is 12.1 Å². The van der Waals surface area contributed by atoms with Gasteiger partial charge >= 0.3 is 0 Å². The van der Waals surface area contributed by atoms with E-state index in [0.29, 0.717) is 18.0 Å². The minimum atomic E-state index is -0.206. The molecule has 4 heteroatoms. The minimum absolute atomic E-state index is 0.206. The molecular formula is C22H30FN3. The lowest BCUT2D eigenvalue weighted by Gasteiger charge is -2.34. The van der Waals surface area contributed by atoms with Crippen molar-refractivity contribution >= 4 is 0 Å². The number of H-pyrrole nitrogens is 1. The van der Waals surface area contributed by atoms with Crippen LogP contribution in [-0.2, 0) is 0 Å². The van der Waals surface area contributed by atoms with E-state index in [1.165, 1.54) is 70.3 Å². The minimum Gasteiger partial charge on any atom is -0.341 e. The van der Waals surface area contributed by atoms with Gasteiger partial charge in [0.15, 0.2) is 0 Å². The summed E-state index contributed by atoms with van der Waals surface area (Å²) >= 11 is 0. The van der Waals surface area contributed by atoms with Crippen LogP contribution in [-0.4, -0.2) is 16.0 Å². The Balaban J connectivity index is 1.56. The molecule has 1 heterocycles. The number of aromatic nitrogens is 2. The Kier molecular flexibility index (Phi) is 5.68. The first kappa shape index (κ1) is 17.7. The molecule has 1 aromatic carbocycles. The van der Waals surface area contributed by atoms with Crippen molar-refractivity contribution < 1.29 is 4.39 Å². The summed E-state index contributed by atoms with van der Waals surface area (Å²) in [5.74, 6) is 1.47. The number of hydrogen-bond donors (Lipinski definition) is 2. The van der Waals surface area contributed by atoms with Crippen LogP contribution in [0.25, 0.3) is 11.3 Å². The van der Waals surface area contributed by atoms with Gasteiger partial charge in [-0.05, 0) is 43.7 Å². The topological polar surface area (TPSA) is 40.7 Å². The maximum absolute atomic E-state index is 13.6. The molecule has 0 saturated heterocycles. The van der Waals surface area contributed by atoms with E-state index in [4.69, 9.17) is 4.98 Å². The van der Waals surface area contributed by atoms with Crippen LogP contribution in [0.2, 0.25) is 0 Å². The van der Waals surface area contributed by atoms with Crippen LogP contribution in [0, 0.1) is 11.7 Å². The van der Waals surface area contributed by atoms with E-state index >= 15 is 0 Å². The largest absolute Gasteiger partial charge is 0.341 e. The summed E-state index contributed by atoms with van der Waals surface area (Å²) in [5, 5.41) is 3.95. The average molecular weight is 356 g/mol. The Morgan fingerprint density at radius 1 is 1.00 bits per heavy atom. The molecule has 0 spiro atoms. The molecule has 1 atom stereocenters. The number of imidazole rings is 1. The zero-order chi connectivity index (χ0) is 17.8. The number of rotatable bonds is 5. The molecule has 1 unspecified atom stereocenters. The number of nitrogens with one attached hydrogen (secondary N) is 2. The lowest BCUT2D eigenvalue weighted by Crippen LogP contribution is -2.39. The van der Waals surface area contributed by atoms with Gasteiger partial charge in [0, 0.05) is 11.6 Å². The molecule has 2 aromatic rings. The summed E-state index contributed by atoms with van der Waals surface area (Å²) in [6, 6.07) is 7.64. The third-order valence-corrected chi connectivity index (χ3v) is 6.17. The third kappa shape index (κ3) is 4.17. The molecule has 1 aromatic heterocycles. The summed E-state index contributed by atoms with van der Waals surface area (Å²) in [5.41, 5.74) is 1.77. The Hall–Kier alpha value is -1.68. The van der Waals surface area contributed by atoms with Crippen LogP contribution in [0.1, 0.15) is 76.1 Å². The van der Waals surface area contributed by atoms with Gasteiger partial charge in [-0.25, -0.2) is 9.37 Å². The monoisotopic (exact) mass is 355 g/mol. The SMILES string of the molecule is Fc1cccc(-c2cnc(C(NC3CCCCC3)C3CCCCC3)[nH]2)c1. The van der Waals surface area contributed by atoms with E-state index in [2.05, 4.69) is 10.3 Å². The van der Waals surface area contributed by atoms with Crippen molar-refractivity contribution in [1.29, 1.82) is 0 Å². The van der Waals surface area contributed by atoms with Gasteiger partial charge in [-0.2, -0.15) is 0 Å². The Labute approximate surface area is 155 Å². The van der Waals surface area contributed by atoms with E-state index in [9.17, 15) is 4.39 Å². The highest BCUT2D eigenvalue weighted by atomic mass is 19.1.